The molecule has 0 amide bonds. The van der Waals surface area contributed by atoms with Crippen molar-refractivity contribution in [2.75, 3.05) is 18.0 Å². The van der Waals surface area contributed by atoms with Crippen LogP contribution in [0.1, 0.15) is 12.5 Å². The van der Waals surface area contributed by atoms with Crippen molar-refractivity contribution in [3.05, 3.63) is 28.2 Å². The molecule has 0 radical (unpaired) electrons. The predicted octanol–water partition coefficient (Wildman–Crippen LogP) is 2.48. The number of aliphatic carboxylic acids is 1. The number of anilines is 1. The highest BCUT2D eigenvalue weighted by Gasteiger charge is 2.35. The van der Waals surface area contributed by atoms with E-state index in [4.69, 9.17) is 10.4 Å². The molecule has 1 atom stereocenters. The summed E-state index contributed by atoms with van der Waals surface area (Å²) in [6.07, 6.45) is 0. The number of benzene rings is 1. The van der Waals surface area contributed by atoms with E-state index < -0.39 is 5.97 Å². The molecule has 1 N–H and O–H groups in total. The second-order valence-electron chi connectivity index (χ2n) is 4.57. The minimum atomic E-state index is -0.755. The Kier molecular flexibility index (Phi) is 3.58. The van der Waals surface area contributed by atoms with Gasteiger partial charge in [-0.1, -0.05) is 22.9 Å². The number of nitrogens with zero attached hydrogens (tertiary/aromatic N) is 2. The van der Waals surface area contributed by atoms with E-state index in [9.17, 15) is 4.79 Å². The molecule has 2 rings (SSSR count). The zero-order valence-corrected chi connectivity index (χ0v) is 11.5. The summed E-state index contributed by atoms with van der Waals surface area (Å²) in [4.78, 5) is 12.9. The van der Waals surface area contributed by atoms with E-state index in [1.54, 1.807) is 13.0 Å². The van der Waals surface area contributed by atoms with Gasteiger partial charge < -0.3 is 10.0 Å². The molecule has 0 saturated carbocycles. The van der Waals surface area contributed by atoms with Gasteiger partial charge in [-0.05, 0) is 18.2 Å². The van der Waals surface area contributed by atoms with Crippen LogP contribution in [0.4, 0.5) is 5.69 Å². The van der Waals surface area contributed by atoms with Crippen molar-refractivity contribution in [3.8, 4) is 6.07 Å². The zero-order valence-electron chi connectivity index (χ0n) is 9.93. The summed E-state index contributed by atoms with van der Waals surface area (Å²) < 4.78 is 0.922. The molecule has 1 heterocycles. The van der Waals surface area contributed by atoms with Gasteiger partial charge in [0.1, 0.15) is 6.07 Å². The number of rotatable bonds is 3. The first-order chi connectivity index (χ1) is 8.52. The molecule has 0 bridgehead atoms. The number of hydrogen-bond acceptors (Lipinski definition) is 3. The maximum atomic E-state index is 10.9. The van der Waals surface area contributed by atoms with Crippen LogP contribution >= 0.6 is 15.9 Å². The van der Waals surface area contributed by atoms with Gasteiger partial charge >= 0.3 is 5.97 Å². The first-order valence-electron chi connectivity index (χ1n) is 5.70. The van der Waals surface area contributed by atoms with Gasteiger partial charge in [0, 0.05) is 23.5 Å². The molecular formula is C13H13BrN2O2. The summed E-state index contributed by atoms with van der Waals surface area (Å²) >= 11 is 3.38. The third-order valence-electron chi connectivity index (χ3n) is 3.43. The van der Waals surface area contributed by atoms with E-state index in [1.807, 2.05) is 17.0 Å². The monoisotopic (exact) mass is 308 g/mol. The Labute approximate surface area is 114 Å². The van der Waals surface area contributed by atoms with Gasteiger partial charge in [-0.15, -0.1) is 0 Å². The van der Waals surface area contributed by atoms with Crippen LogP contribution in [0.5, 0.6) is 0 Å². The summed E-state index contributed by atoms with van der Waals surface area (Å²) in [5.74, 6) is -0.929. The van der Waals surface area contributed by atoms with Crippen LogP contribution in [0, 0.1) is 23.2 Å². The van der Waals surface area contributed by atoms with E-state index in [0.717, 1.165) is 10.2 Å². The number of carboxylic acids is 1. The summed E-state index contributed by atoms with van der Waals surface area (Å²) in [6, 6.07) is 7.67. The maximum absolute atomic E-state index is 10.9. The molecule has 0 aromatic heterocycles. The lowest BCUT2D eigenvalue weighted by Gasteiger charge is -2.43. The van der Waals surface area contributed by atoms with Crippen molar-refractivity contribution in [1.29, 1.82) is 5.26 Å². The van der Waals surface area contributed by atoms with Gasteiger partial charge in [-0.2, -0.15) is 5.26 Å². The molecule has 5 heteroatoms. The van der Waals surface area contributed by atoms with Gasteiger partial charge in [0.25, 0.3) is 0 Å². The van der Waals surface area contributed by atoms with Crippen LogP contribution in [-0.2, 0) is 4.79 Å². The number of nitriles is 1. The Morgan fingerprint density at radius 3 is 2.83 bits per heavy atom. The van der Waals surface area contributed by atoms with E-state index in [1.165, 1.54) is 0 Å². The fourth-order valence-electron chi connectivity index (χ4n) is 2.09. The van der Waals surface area contributed by atoms with Crippen molar-refractivity contribution in [2.24, 2.45) is 11.8 Å². The lowest BCUT2D eigenvalue weighted by molar-refractivity contribution is -0.143. The summed E-state index contributed by atoms with van der Waals surface area (Å²) in [7, 11) is 0. The highest BCUT2D eigenvalue weighted by Crippen LogP contribution is 2.33. The van der Waals surface area contributed by atoms with E-state index >= 15 is 0 Å². The number of hydrogen-bond donors (Lipinski definition) is 1. The van der Waals surface area contributed by atoms with Crippen LogP contribution in [-0.4, -0.2) is 24.2 Å². The Hall–Kier alpha value is -1.54. The largest absolute Gasteiger partial charge is 0.481 e. The van der Waals surface area contributed by atoms with Crippen LogP contribution in [0.25, 0.3) is 0 Å². The molecule has 0 spiro atoms. The van der Waals surface area contributed by atoms with E-state index in [-0.39, 0.29) is 11.8 Å². The molecule has 1 aromatic rings. The standard InChI is InChI=1S/C13H13BrN2O2/c1-8(13(17)18)10-6-16(7-10)12-4-11(14)3-2-9(12)5-15/h2-4,8,10H,6-7H2,1H3,(H,17,18). The van der Waals surface area contributed by atoms with Crippen LogP contribution in [0.2, 0.25) is 0 Å². The molecule has 18 heavy (non-hydrogen) atoms. The Morgan fingerprint density at radius 2 is 2.28 bits per heavy atom. The van der Waals surface area contributed by atoms with Crippen LogP contribution in [0.15, 0.2) is 22.7 Å². The topological polar surface area (TPSA) is 64.3 Å². The third kappa shape index (κ3) is 2.34. The first-order valence-corrected chi connectivity index (χ1v) is 6.49. The fraction of sp³-hybridized carbons (Fsp3) is 0.385. The molecule has 0 aliphatic carbocycles. The summed E-state index contributed by atoms with van der Waals surface area (Å²) in [5.41, 5.74) is 1.50. The quantitative estimate of drug-likeness (QED) is 0.931. The molecule has 1 aliphatic heterocycles. The highest BCUT2D eigenvalue weighted by atomic mass is 79.9. The smallest absolute Gasteiger partial charge is 0.306 e. The van der Waals surface area contributed by atoms with E-state index in [0.29, 0.717) is 18.7 Å². The number of halogens is 1. The average molecular weight is 309 g/mol. The van der Waals surface area contributed by atoms with Crippen LogP contribution < -0.4 is 4.90 Å². The second-order valence-corrected chi connectivity index (χ2v) is 5.48. The molecule has 1 saturated heterocycles. The molecule has 94 valence electrons. The van der Waals surface area contributed by atoms with Gasteiger partial charge in [0.15, 0.2) is 0 Å². The van der Waals surface area contributed by atoms with Crippen molar-refractivity contribution in [1.82, 2.24) is 0 Å². The molecule has 1 aromatic carbocycles. The molecule has 1 unspecified atom stereocenters. The van der Waals surface area contributed by atoms with Crippen molar-refractivity contribution < 1.29 is 9.90 Å². The molecule has 4 nitrogen and oxygen atoms in total. The number of carboxylic acid groups (broad SMARTS) is 1. The SMILES string of the molecule is CC(C(=O)O)C1CN(c2cc(Br)ccc2C#N)C1. The lowest BCUT2D eigenvalue weighted by atomic mass is 9.86. The molecule has 1 aliphatic rings. The third-order valence-corrected chi connectivity index (χ3v) is 3.92. The highest BCUT2D eigenvalue weighted by molar-refractivity contribution is 9.10. The predicted molar refractivity (Wildman–Crippen MR) is 71.4 cm³/mol. The minimum absolute atomic E-state index is 0.160. The van der Waals surface area contributed by atoms with Crippen molar-refractivity contribution >= 4 is 27.6 Å². The molecular weight excluding hydrogens is 296 g/mol. The normalized spacial score (nSPS) is 16.8. The lowest BCUT2D eigenvalue weighted by Crippen LogP contribution is -2.51. The number of carbonyl (C=O) groups is 1. The minimum Gasteiger partial charge on any atom is -0.481 e. The Bertz CT molecular complexity index is 518. The summed E-state index contributed by atoms with van der Waals surface area (Å²) in [6.45, 7) is 3.12. The van der Waals surface area contributed by atoms with Crippen molar-refractivity contribution in [3.63, 3.8) is 0 Å². The van der Waals surface area contributed by atoms with Gasteiger partial charge in [0.05, 0.1) is 17.2 Å². The van der Waals surface area contributed by atoms with Gasteiger partial charge in [-0.3, -0.25) is 4.79 Å². The first kappa shape index (κ1) is 12.9. The van der Waals surface area contributed by atoms with E-state index in [2.05, 4.69) is 22.0 Å². The van der Waals surface area contributed by atoms with Gasteiger partial charge in [0.2, 0.25) is 0 Å². The Morgan fingerprint density at radius 1 is 1.61 bits per heavy atom. The zero-order chi connectivity index (χ0) is 13.3. The van der Waals surface area contributed by atoms with Crippen LogP contribution in [0.3, 0.4) is 0 Å². The average Bonchev–Trinajstić information content (AvgIpc) is 2.27. The van der Waals surface area contributed by atoms with Gasteiger partial charge in [-0.25, -0.2) is 0 Å². The fourth-order valence-corrected chi connectivity index (χ4v) is 2.44. The second kappa shape index (κ2) is 4.99. The molecule has 1 fully saturated rings. The Balaban J connectivity index is 2.11. The maximum Gasteiger partial charge on any atom is 0.306 e. The van der Waals surface area contributed by atoms with Crippen molar-refractivity contribution in [2.45, 2.75) is 6.92 Å². The summed E-state index contributed by atoms with van der Waals surface area (Å²) in [5, 5.41) is 18.0.